The number of likely N-dealkylation sites (N-methyl/N-ethyl adjacent to an activating group) is 1. The summed E-state index contributed by atoms with van der Waals surface area (Å²) in [4.78, 5) is 15.6. The van der Waals surface area contributed by atoms with E-state index in [4.69, 9.17) is 9.47 Å². The first kappa shape index (κ1) is 35.0. The molecule has 0 spiro atoms. The first-order valence-electron chi connectivity index (χ1n) is 19.3. The summed E-state index contributed by atoms with van der Waals surface area (Å²) in [6.45, 7) is 4.29. The van der Waals surface area contributed by atoms with Gasteiger partial charge in [-0.15, -0.1) is 0 Å². The van der Waals surface area contributed by atoms with Crippen LogP contribution in [0.1, 0.15) is 85.7 Å². The molecule has 0 radical (unpaired) electrons. The van der Waals surface area contributed by atoms with Crippen LogP contribution in [-0.2, 0) is 29.2 Å². The highest BCUT2D eigenvalue weighted by atomic mass is 16.7. The van der Waals surface area contributed by atoms with Gasteiger partial charge >= 0.3 is 6.03 Å². The SMILES string of the molecule is C[C@H]1[C@@H](CN(C)Cc2ccccc2)O[C@@H](c2ccc(-c3ccccc3CNC(=O)NC34CC5CC(CC(C5)C3)C4)cc2)O[C@H]1c1ccc(CO)cc1. The summed E-state index contributed by atoms with van der Waals surface area (Å²) in [5.41, 5.74) is 7.47. The maximum Gasteiger partial charge on any atom is 0.315 e. The summed E-state index contributed by atoms with van der Waals surface area (Å²) < 4.78 is 13.5. The molecule has 1 saturated heterocycles. The zero-order valence-electron chi connectivity index (χ0n) is 30.5. The molecular weight excluding hydrogens is 647 g/mol. The fourth-order valence-corrected chi connectivity index (χ4v) is 10.1. The zero-order valence-corrected chi connectivity index (χ0v) is 30.5. The van der Waals surface area contributed by atoms with Gasteiger partial charge in [0.2, 0.25) is 0 Å². The van der Waals surface area contributed by atoms with Gasteiger partial charge in [-0.3, -0.25) is 4.90 Å². The molecule has 4 aromatic carbocycles. The Morgan fingerprint density at radius 1 is 0.788 bits per heavy atom. The number of benzene rings is 4. The summed E-state index contributed by atoms with van der Waals surface area (Å²) in [5, 5.41) is 16.3. The maximum absolute atomic E-state index is 13.3. The Bertz CT molecular complexity index is 1780. The van der Waals surface area contributed by atoms with Crippen LogP contribution in [0, 0.1) is 23.7 Å². The number of nitrogens with one attached hydrogen (secondary N) is 2. The van der Waals surface area contributed by atoms with Crippen LogP contribution in [0.25, 0.3) is 11.1 Å². The Kier molecular flexibility index (Phi) is 10.2. The van der Waals surface area contributed by atoms with Gasteiger partial charge in [0.15, 0.2) is 6.29 Å². The minimum atomic E-state index is -0.534. The first-order valence-corrected chi connectivity index (χ1v) is 19.3. The number of ether oxygens (including phenoxy) is 2. The molecule has 5 aliphatic rings. The Morgan fingerprint density at radius 2 is 1.42 bits per heavy atom. The van der Waals surface area contributed by atoms with Crippen LogP contribution in [0.3, 0.4) is 0 Å². The van der Waals surface area contributed by atoms with Gasteiger partial charge in [-0.25, -0.2) is 4.79 Å². The van der Waals surface area contributed by atoms with Gasteiger partial charge < -0.3 is 25.2 Å². The number of nitrogens with zero attached hydrogens (tertiary/aromatic N) is 1. The van der Waals surface area contributed by atoms with Crippen molar-refractivity contribution in [3.8, 4) is 11.1 Å². The second-order valence-electron chi connectivity index (χ2n) is 16.3. The van der Waals surface area contributed by atoms with Crippen LogP contribution < -0.4 is 10.6 Å². The molecule has 5 fully saturated rings. The number of hydrogen-bond acceptors (Lipinski definition) is 5. The zero-order chi connectivity index (χ0) is 35.7. The third kappa shape index (κ3) is 7.69. The average molecular weight is 700 g/mol. The molecule has 0 aromatic heterocycles. The Morgan fingerprint density at radius 3 is 2.10 bits per heavy atom. The topological polar surface area (TPSA) is 83.1 Å². The number of rotatable bonds is 11. The van der Waals surface area contributed by atoms with Crippen LogP contribution in [0.4, 0.5) is 4.79 Å². The lowest BCUT2D eigenvalue weighted by molar-refractivity contribution is -0.276. The molecule has 272 valence electrons. The molecular formula is C45H53N3O4. The molecule has 7 heteroatoms. The van der Waals surface area contributed by atoms with Gasteiger partial charge in [0, 0.05) is 36.7 Å². The molecule has 2 amide bonds. The van der Waals surface area contributed by atoms with E-state index >= 15 is 0 Å². The van der Waals surface area contributed by atoms with Gasteiger partial charge in [-0.2, -0.15) is 0 Å². The molecule has 9 rings (SSSR count). The largest absolute Gasteiger partial charge is 0.392 e. The second kappa shape index (κ2) is 15.2. The standard InChI is InChI=1S/C45H53N3O4/c1-30-41(28-48(2)27-31-8-4-3-5-9-31)51-43(52-42(30)37-14-12-32(29-49)13-15-37)38-18-16-36(17-19-38)40-11-7-6-10-39(40)26-46-44(50)47-45-23-33-20-34(24-45)22-35(21-33)25-45/h3-19,30,33-35,41-43,49H,20-29H2,1-2H3,(H2,46,47,50)/t30-,33?,34?,35?,41+,42+,43+,45?/m0/s1. The highest BCUT2D eigenvalue weighted by Gasteiger charge is 2.51. The summed E-state index contributed by atoms with van der Waals surface area (Å²) in [7, 11) is 2.15. The number of carbonyl (C=O) groups excluding carboxylic acids is 1. The molecule has 7 nitrogen and oxygen atoms in total. The van der Waals surface area contributed by atoms with Gasteiger partial charge in [-0.05, 0) is 96.7 Å². The van der Waals surface area contributed by atoms with Crippen molar-refractivity contribution in [2.24, 2.45) is 23.7 Å². The van der Waals surface area contributed by atoms with E-state index in [1.54, 1.807) is 0 Å². The number of aliphatic hydroxyl groups is 1. The lowest BCUT2D eigenvalue weighted by Gasteiger charge is -2.56. The van der Waals surface area contributed by atoms with Gasteiger partial charge in [0.1, 0.15) is 0 Å². The third-order valence-electron chi connectivity index (χ3n) is 12.3. The molecule has 3 N–H and O–H groups in total. The van der Waals surface area contributed by atoms with Crippen LogP contribution >= 0.6 is 0 Å². The molecule has 1 aliphatic heterocycles. The Balaban J connectivity index is 0.962. The van der Waals surface area contributed by atoms with Crippen molar-refractivity contribution in [2.75, 3.05) is 13.6 Å². The fourth-order valence-electron chi connectivity index (χ4n) is 10.1. The first-order chi connectivity index (χ1) is 25.3. The summed E-state index contributed by atoms with van der Waals surface area (Å²) in [5.74, 6) is 2.48. The van der Waals surface area contributed by atoms with E-state index in [-0.39, 0.29) is 36.3 Å². The van der Waals surface area contributed by atoms with Gasteiger partial charge in [0.05, 0.1) is 18.8 Å². The van der Waals surface area contributed by atoms with Crippen molar-refractivity contribution in [3.63, 3.8) is 0 Å². The molecule has 52 heavy (non-hydrogen) atoms. The Labute approximate surface area is 308 Å². The minimum absolute atomic E-state index is 0.00651. The highest BCUT2D eigenvalue weighted by molar-refractivity contribution is 5.76. The average Bonchev–Trinajstić information content (AvgIpc) is 3.15. The van der Waals surface area contributed by atoms with E-state index in [1.807, 2.05) is 24.3 Å². The smallest absolute Gasteiger partial charge is 0.315 e. The van der Waals surface area contributed by atoms with E-state index in [0.29, 0.717) is 6.54 Å². The van der Waals surface area contributed by atoms with E-state index in [0.717, 1.165) is 83.5 Å². The quantitative estimate of drug-likeness (QED) is 0.146. The van der Waals surface area contributed by atoms with E-state index in [2.05, 4.69) is 108 Å². The van der Waals surface area contributed by atoms with Gasteiger partial charge in [-0.1, -0.05) is 110 Å². The third-order valence-corrected chi connectivity index (χ3v) is 12.3. The van der Waals surface area contributed by atoms with E-state index in [9.17, 15) is 9.90 Å². The Hall–Kier alpha value is -4.01. The lowest BCUT2D eigenvalue weighted by atomic mass is 9.53. The van der Waals surface area contributed by atoms with Crippen molar-refractivity contribution in [3.05, 3.63) is 131 Å². The molecule has 4 saturated carbocycles. The van der Waals surface area contributed by atoms with Crippen molar-refractivity contribution < 1.29 is 19.4 Å². The number of urea groups is 1. The minimum Gasteiger partial charge on any atom is -0.392 e. The number of amides is 2. The van der Waals surface area contributed by atoms with Crippen LogP contribution in [0.2, 0.25) is 0 Å². The van der Waals surface area contributed by atoms with Crippen molar-refractivity contribution in [2.45, 2.75) is 89.2 Å². The number of aliphatic hydroxyl groups excluding tert-OH is 1. The highest BCUT2D eigenvalue weighted by Crippen LogP contribution is 2.55. The van der Waals surface area contributed by atoms with E-state index < -0.39 is 6.29 Å². The number of carbonyl (C=O) groups is 1. The molecule has 4 aliphatic carbocycles. The summed E-state index contributed by atoms with van der Waals surface area (Å²) in [6.07, 6.45) is 6.74. The summed E-state index contributed by atoms with van der Waals surface area (Å²) in [6, 6.07) is 35.4. The van der Waals surface area contributed by atoms with Crippen LogP contribution in [0.5, 0.6) is 0 Å². The number of hydrogen-bond donors (Lipinski definition) is 3. The van der Waals surface area contributed by atoms with E-state index in [1.165, 1.54) is 24.8 Å². The van der Waals surface area contributed by atoms with Crippen molar-refractivity contribution in [1.82, 2.24) is 15.5 Å². The maximum atomic E-state index is 13.3. The summed E-state index contributed by atoms with van der Waals surface area (Å²) >= 11 is 0. The molecule has 4 bridgehead atoms. The molecule has 4 atom stereocenters. The fraction of sp³-hybridized carbons (Fsp3) is 0.444. The van der Waals surface area contributed by atoms with Crippen molar-refractivity contribution >= 4 is 6.03 Å². The van der Waals surface area contributed by atoms with Crippen molar-refractivity contribution in [1.29, 1.82) is 0 Å². The monoisotopic (exact) mass is 699 g/mol. The predicted molar refractivity (Wildman–Crippen MR) is 204 cm³/mol. The van der Waals surface area contributed by atoms with Crippen LogP contribution in [0.15, 0.2) is 103 Å². The normalized spacial score (nSPS) is 29.3. The predicted octanol–water partition coefficient (Wildman–Crippen LogP) is 8.54. The molecule has 1 heterocycles. The van der Waals surface area contributed by atoms with Gasteiger partial charge in [0.25, 0.3) is 0 Å². The molecule has 4 aromatic rings. The lowest BCUT2D eigenvalue weighted by Crippen LogP contribution is -2.61. The van der Waals surface area contributed by atoms with Crippen LogP contribution in [-0.4, -0.2) is 41.3 Å². The molecule has 0 unspecified atom stereocenters. The second-order valence-corrected chi connectivity index (χ2v) is 16.3.